The zero-order valence-corrected chi connectivity index (χ0v) is 18.8. The highest BCUT2D eigenvalue weighted by Gasteiger charge is 2.17. The standard InChI is InChI=1S/C25H24N4O5/c1-17(14-24(30)26-22-13-12-21(34-2)16-23(22)29(32)33)27-28-25(31)15-18-8-10-20(11-9-18)19-6-4-3-5-7-19/h3-13,16H,14-15H2,1-2H3,(H,26,30)(H,28,31)/b27-17+. The van der Waals surface area contributed by atoms with E-state index in [4.69, 9.17) is 4.74 Å². The molecule has 3 aromatic rings. The van der Waals surface area contributed by atoms with Gasteiger partial charge in [-0.2, -0.15) is 5.10 Å². The van der Waals surface area contributed by atoms with Crippen molar-refractivity contribution in [1.82, 2.24) is 5.43 Å². The number of methoxy groups -OCH3 is 1. The Hall–Kier alpha value is -4.53. The van der Waals surface area contributed by atoms with Gasteiger partial charge in [-0.1, -0.05) is 54.6 Å². The highest BCUT2D eigenvalue weighted by atomic mass is 16.6. The monoisotopic (exact) mass is 460 g/mol. The van der Waals surface area contributed by atoms with Crippen LogP contribution in [0.4, 0.5) is 11.4 Å². The molecule has 0 fully saturated rings. The summed E-state index contributed by atoms with van der Waals surface area (Å²) in [7, 11) is 1.39. The van der Waals surface area contributed by atoms with Crippen LogP contribution in [-0.4, -0.2) is 29.6 Å². The molecule has 0 spiro atoms. The number of carbonyl (C=O) groups is 2. The van der Waals surface area contributed by atoms with E-state index in [0.717, 1.165) is 16.7 Å². The van der Waals surface area contributed by atoms with Gasteiger partial charge in [-0.25, -0.2) is 5.43 Å². The van der Waals surface area contributed by atoms with E-state index in [1.807, 2.05) is 54.6 Å². The lowest BCUT2D eigenvalue weighted by molar-refractivity contribution is -0.384. The normalized spacial score (nSPS) is 10.9. The van der Waals surface area contributed by atoms with Gasteiger partial charge in [0, 0.05) is 5.71 Å². The molecule has 2 amide bonds. The lowest BCUT2D eigenvalue weighted by Crippen LogP contribution is -2.23. The van der Waals surface area contributed by atoms with E-state index in [2.05, 4.69) is 15.8 Å². The average molecular weight is 460 g/mol. The molecule has 0 bridgehead atoms. The van der Waals surface area contributed by atoms with Crippen molar-refractivity contribution in [2.75, 3.05) is 12.4 Å². The minimum Gasteiger partial charge on any atom is -0.496 e. The van der Waals surface area contributed by atoms with E-state index < -0.39 is 10.8 Å². The van der Waals surface area contributed by atoms with Crippen LogP contribution in [0.5, 0.6) is 5.75 Å². The minimum atomic E-state index is -0.605. The van der Waals surface area contributed by atoms with E-state index in [9.17, 15) is 19.7 Å². The second-order valence-electron chi connectivity index (χ2n) is 7.49. The highest BCUT2D eigenvalue weighted by Crippen LogP contribution is 2.29. The first-order chi connectivity index (χ1) is 16.4. The Morgan fingerprint density at radius 2 is 1.65 bits per heavy atom. The molecule has 0 aliphatic rings. The van der Waals surface area contributed by atoms with E-state index >= 15 is 0 Å². The summed E-state index contributed by atoms with van der Waals surface area (Å²) in [5.41, 5.74) is 5.53. The number of nitrogens with zero attached hydrogens (tertiary/aromatic N) is 2. The number of hydrogen-bond acceptors (Lipinski definition) is 6. The van der Waals surface area contributed by atoms with Crippen molar-refractivity contribution in [1.29, 1.82) is 0 Å². The third-order valence-electron chi connectivity index (χ3n) is 4.89. The number of anilines is 1. The zero-order chi connectivity index (χ0) is 24.5. The first kappa shape index (κ1) is 24.1. The molecule has 3 aromatic carbocycles. The molecule has 0 aromatic heterocycles. The average Bonchev–Trinajstić information content (AvgIpc) is 2.84. The molecule has 0 aliphatic carbocycles. The minimum absolute atomic E-state index is 0.0478. The summed E-state index contributed by atoms with van der Waals surface area (Å²) in [6.07, 6.45) is -0.00861. The molecule has 0 aliphatic heterocycles. The van der Waals surface area contributed by atoms with Gasteiger partial charge >= 0.3 is 0 Å². The van der Waals surface area contributed by atoms with Crippen LogP contribution in [-0.2, 0) is 16.0 Å². The fraction of sp³-hybridized carbons (Fsp3) is 0.160. The molecule has 3 rings (SSSR count). The molecule has 0 saturated heterocycles. The number of hydrazone groups is 1. The van der Waals surface area contributed by atoms with Crippen LogP contribution in [0.15, 0.2) is 77.9 Å². The summed E-state index contributed by atoms with van der Waals surface area (Å²) in [5.74, 6) is -0.516. The van der Waals surface area contributed by atoms with E-state index in [0.29, 0.717) is 11.5 Å². The number of ether oxygens (including phenoxy) is 1. The van der Waals surface area contributed by atoms with Crippen molar-refractivity contribution in [3.8, 4) is 16.9 Å². The fourth-order valence-corrected chi connectivity index (χ4v) is 3.19. The Morgan fingerprint density at radius 1 is 0.971 bits per heavy atom. The second kappa shape index (κ2) is 11.4. The maximum atomic E-state index is 12.3. The number of nitro groups is 1. The molecule has 34 heavy (non-hydrogen) atoms. The van der Waals surface area contributed by atoms with Crippen molar-refractivity contribution in [3.63, 3.8) is 0 Å². The van der Waals surface area contributed by atoms with Crippen LogP contribution >= 0.6 is 0 Å². The molecule has 0 saturated carbocycles. The largest absolute Gasteiger partial charge is 0.496 e. The number of amides is 2. The Bertz CT molecular complexity index is 1210. The SMILES string of the molecule is COc1ccc(NC(=O)C/C(C)=N/NC(=O)Cc2ccc(-c3ccccc3)cc2)c([N+](=O)[O-])c1. The van der Waals surface area contributed by atoms with E-state index in [1.54, 1.807) is 6.92 Å². The summed E-state index contributed by atoms with van der Waals surface area (Å²) in [6, 6.07) is 21.7. The van der Waals surface area contributed by atoms with E-state index in [-0.39, 0.29) is 30.1 Å². The van der Waals surface area contributed by atoms with Crippen LogP contribution in [0.1, 0.15) is 18.9 Å². The number of nitro benzene ring substituents is 1. The summed E-state index contributed by atoms with van der Waals surface area (Å²) < 4.78 is 4.98. The molecule has 0 unspecified atom stereocenters. The summed E-state index contributed by atoms with van der Waals surface area (Å²) >= 11 is 0. The number of benzene rings is 3. The van der Waals surface area contributed by atoms with Crippen LogP contribution < -0.4 is 15.5 Å². The highest BCUT2D eigenvalue weighted by molar-refractivity contribution is 6.06. The Balaban J connectivity index is 1.52. The summed E-state index contributed by atoms with van der Waals surface area (Å²) in [4.78, 5) is 35.1. The smallest absolute Gasteiger partial charge is 0.296 e. The van der Waals surface area contributed by atoms with Gasteiger partial charge in [0.1, 0.15) is 11.4 Å². The molecule has 0 atom stereocenters. The quantitative estimate of drug-likeness (QED) is 0.279. The Labute approximate surface area is 196 Å². The topological polar surface area (TPSA) is 123 Å². The fourth-order valence-electron chi connectivity index (χ4n) is 3.19. The van der Waals surface area contributed by atoms with Gasteiger partial charge in [-0.05, 0) is 35.7 Å². The predicted molar refractivity (Wildman–Crippen MR) is 130 cm³/mol. The molecular formula is C25H24N4O5. The zero-order valence-electron chi connectivity index (χ0n) is 18.8. The van der Waals surface area contributed by atoms with Crippen molar-refractivity contribution in [3.05, 3.63) is 88.5 Å². The third kappa shape index (κ3) is 6.73. The van der Waals surface area contributed by atoms with E-state index in [1.165, 1.54) is 25.3 Å². The molecule has 2 N–H and O–H groups in total. The van der Waals surface area contributed by atoms with Crippen molar-refractivity contribution in [2.24, 2.45) is 5.10 Å². The van der Waals surface area contributed by atoms with Gasteiger partial charge < -0.3 is 10.1 Å². The predicted octanol–water partition coefficient (Wildman–Crippen LogP) is 4.33. The van der Waals surface area contributed by atoms with Crippen LogP contribution in [0.2, 0.25) is 0 Å². The maximum absolute atomic E-state index is 12.3. The molecular weight excluding hydrogens is 436 g/mol. The third-order valence-corrected chi connectivity index (χ3v) is 4.89. The number of rotatable bonds is 9. The van der Waals surface area contributed by atoms with Crippen molar-refractivity contribution >= 4 is 28.9 Å². The summed E-state index contributed by atoms with van der Waals surface area (Å²) in [6.45, 7) is 1.58. The number of nitrogens with one attached hydrogen (secondary N) is 2. The first-order valence-corrected chi connectivity index (χ1v) is 10.4. The van der Waals surface area contributed by atoms with Gasteiger partial charge in [0.2, 0.25) is 11.8 Å². The number of hydrogen-bond donors (Lipinski definition) is 2. The Kier molecular flexibility index (Phi) is 8.07. The molecule has 9 nitrogen and oxygen atoms in total. The van der Waals surface area contributed by atoms with Gasteiger partial charge in [0.25, 0.3) is 5.69 Å². The maximum Gasteiger partial charge on any atom is 0.296 e. The van der Waals surface area contributed by atoms with Gasteiger partial charge in [-0.3, -0.25) is 19.7 Å². The number of carbonyl (C=O) groups excluding carboxylic acids is 2. The molecule has 9 heteroatoms. The van der Waals surface area contributed by atoms with Crippen molar-refractivity contribution in [2.45, 2.75) is 19.8 Å². The van der Waals surface area contributed by atoms with Gasteiger partial charge in [0.15, 0.2) is 0 Å². The molecule has 0 heterocycles. The van der Waals surface area contributed by atoms with Gasteiger partial charge in [0.05, 0.1) is 30.9 Å². The lowest BCUT2D eigenvalue weighted by atomic mass is 10.0. The first-order valence-electron chi connectivity index (χ1n) is 10.4. The second-order valence-corrected chi connectivity index (χ2v) is 7.49. The van der Waals surface area contributed by atoms with Crippen LogP contribution in [0.25, 0.3) is 11.1 Å². The van der Waals surface area contributed by atoms with Crippen LogP contribution in [0.3, 0.4) is 0 Å². The molecule has 174 valence electrons. The summed E-state index contributed by atoms with van der Waals surface area (Å²) in [5, 5.41) is 17.7. The molecule has 0 radical (unpaired) electrons. The van der Waals surface area contributed by atoms with Gasteiger partial charge in [-0.15, -0.1) is 0 Å². The Morgan fingerprint density at radius 3 is 2.29 bits per heavy atom. The van der Waals surface area contributed by atoms with Crippen molar-refractivity contribution < 1.29 is 19.2 Å². The van der Waals surface area contributed by atoms with Crippen LogP contribution in [0, 0.1) is 10.1 Å². The lowest BCUT2D eigenvalue weighted by Gasteiger charge is -2.08.